The molecule has 0 radical (unpaired) electrons. The minimum atomic E-state index is -3.38. The van der Waals surface area contributed by atoms with Crippen LogP contribution in [-0.2, 0) is 14.3 Å². The highest BCUT2D eigenvalue weighted by atomic mass is 19.1. The summed E-state index contributed by atoms with van der Waals surface area (Å²) in [7, 11) is 0. The van der Waals surface area contributed by atoms with Crippen molar-refractivity contribution >= 4 is 23.4 Å². The Kier molecular flexibility index (Phi) is 2.39. The molecule has 1 aromatic rings. The van der Waals surface area contributed by atoms with Gasteiger partial charge >= 0.3 is 6.09 Å². The fraction of sp³-hybridized carbons (Fsp3) is 0.500. The predicted octanol–water partition coefficient (Wildman–Crippen LogP) is 1.12. The van der Waals surface area contributed by atoms with Crippen molar-refractivity contribution in [2.45, 2.75) is 13.0 Å². The van der Waals surface area contributed by atoms with E-state index in [9.17, 15) is 9.59 Å². The highest BCUT2D eigenvalue weighted by molar-refractivity contribution is 5.90. The van der Waals surface area contributed by atoms with Crippen molar-refractivity contribution in [3.8, 4) is 0 Å². The van der Waals surface area contributed by atoms with E-state index in [1.165, 1.54) is 0 Å². The minimum Gasteiger partial charge on any atom is -0.442 e. The molecule has 130 valence electrons. The lowest BCUT2D eigenvalue weighted by Gasteiger charge is -2.29. The molecule has 2 amide bonds. The van der Waals surface area contributed by atoms with Gasteiger partial charge in [0, 0.05) is 19.9 Å². The lowest BCUT2D eigenvalue weighted by molar-refractivity contribution is -0.119. The summed E-state index contributed by atoms with van der Waals surface area (Å²) >= 11 is 0. The maximum atomic E-state index is 15.1. The zero-order valence-electron chi connectivity index (χ0n) is 22.4. The number of cyclic esters (lactones) is 1. The van der Waals surface area contributed by atoms with Crippen LogP contribution in [-0.4, -0.2) is 57.3 Å². The van der Waals surface area contributed by atoms with Crippen molar-refractivity contribution in [3.05, 3.63) is 24.0 Å². The summed E-state index contributed by atoms with van der Waals surface area (Å²) in [4.78, 5) is 24.2. The second kappa shape index (κ2) is 7.04. The molecule has 1 atom stereocenters. The number of benzene rings is 1. The number of nitrogens with one attached hydrogen (secondary N) is 1. The van der Waals surface area contributed by atoms with Gasteiger partial charge in [-0.3, -0.25) is 9.69 Å². The van der Waals surface area contributed by atoms with Crippen LogP contribution in [0.4, 0.5) is 20.6 Å². The molecule has 8 heteroatoms. The van der Waals surface area contributed by atoms with Crippen LogP contribution in [0.25, 0.3) is 0 Å². The highest BCUT2D eigenvalue weighted by Crippen LogP contribution is 2.28. The minimum absolute atomic E-state index is 0.0386. The number of anilines is 2. The number of nitrogens with zero attached hydrogens (tertiary/aromatic N) is 2. The van der Waals surface area contributed by atoms with E-state index in [0.717, 1.165) is 24.0 Å². The molecule has 1 N–H and O–H groups in total. The quantitative estimate of drug-likeness (QED) is 0.884. The van der Waals surface area contributed by atoms with Gasteiger partial charge in [-0.1, -0.05) is 0 Å². The maximum Gasteiger partial charge on any atom is 0.414 e. The van der Waals surface area contributed by atoms with Crippen LogP contribution in [0.1, 0.15) is 20.6 Å². The highest BCUT2D eigenvalue weighted by Gasteiger charge is 2.32. The second-order valence-electron chi connectivity index (χ2n) is 4.81. The third-order valence-corrected chi connectivity index (χ3v) is 3.12. The standard InChI is InChI=1S/C16H20FN3O4/c1-11(21)18-9-13-10-20(16(22)24-13)12-2-3-15(14(17)8-12)19-4-6-23-7-5-19/h2-3,8,13H,4-7,9-10H2,1H3,(H,18,21)/t13-/m0/s1/i4D2,5D2,6D2,7D2,9D2. The number of rotatable bonds is 4. The zero-order valence-corrected chi connectivity index (χ0v) is 12.4. The van der Waals surface area contributed by atoms with Crippen LogP contribution in [0.15, 0.2) is 18.2 Å². The number of amides is 2. The smallest absolute Gasteiger partial charge is 0.414 e. The van der Waals surface area contributed by atoms with E-state index < -0.39 is 68.8 Å². The molecule has 0 aromatic heterocycles. The molecule has 7 nitrogen and oxygen atoms in total. The van der Waals surface area contributed by atoms with Crippen LogP contribution in [0.5, 0.6) is 0 Å². The van der Waals surface area contributed by atoms with Crippen molar-refractivity contribution in [2.24, 2.45) is 0 Å². The average Bonchev–Trinajstić information content (AvgIpc) is 3.02. The van der Waals surface area contributed by atoms with Crippen LogP contribution in [0.2, 0.25) is 0 Å². The molecule has 0 bridgehead atoms. The summed E-state index contributed by atoms with van der Waals surface area (Å²) in [5.41, 5.74) is -1.04. The Morgan fingerprint density at radius 1 is 1.50 bits per heavy atom. The van der Waals surface area contributed by atoms with Gasteiger partial charge in [-0.05, 0) is 18.2 Å². The van der Waals surface area contributed by atoms with Crippen LogP contribution in [0.3, 0.4) is 0 Å². The van der Waals surface area contributed by atoms with Crippen molar-refractivity contribution in [2.75, 3.05) is 49.0 Å². The Morgan fingerprint density at radius 3 is 2.92 bits per heavy atom. The molecule has 0 unspecified atom stereocenters. The van der Waals surface area contributed by atoms with Gasteiger partial charge in [0.25, 0.3) is 0 Å². The topological polar surface area (TPSA) is 71.1 Å². The number of hydrogen-bond donors (Lipinski definition) is 1. The number of hydrogen-bond acceptors (Lipinski definition) is 5. The Hall–Kier alpha value is -2.35. The summed E-state index contributed by atoms with van der Waals surface area (Å²) in [6.07, 6.45) is -2.52. The number of morpholine rings is 1. The third-order valence-electron chi connectivity index (χ3n) is 3.12. The molecule has 2 aliphatic rings. The van der Waals surface area contributed by atoms with Crippen molar-refractivity contribution in [3.63, 3.8) is 0 Å². The van der Waals surface area contributed by atoms with Gasteiger partial charge < -0.3 is 19.7 Å². The molecule has 0 spiro atoms. The molecule has 0 saturated carbocycles. The Bertz CT molecular complexity index is 999. The average molecular weight is 347 g/mol. The largest absolute Gasteiger partial charge is 0.442 e. The van der Waals surface area contributed by atoms with E-state index in [-0.39, 0.29) is 10.6 Å². The lowest BCUT2D eigenvalue weighted by Crippen LogP contribution is -2.36. The fourth-order valence-electron chi connectivity index (χ4n) is 2.09. The molecule has 1 aromatic carbocycles. The number of carbonyl (C=O) groups excluding carboxylic acids is 2. The van der Waals surface area contributed by atoms with E-state index in [2.05, 4.69) is 4.74 Å². The SMILES string of the molecule is [2H]C([2H])(NC(C)=O)[C@H]1CN(c2ccc(N3C([2H])([2H])C([2H])([2H])OC([2H])([2H])C3([2H])[2H])c(F)c2)C(=O)O1. The Morgan fingerprint density at radius 2 is 2.25 bits per heavy atom. The Labute approximate surface area is 153 Å². The summed E-state index contributed by atoms with van der Waals surface area (Å²) in [6, 6.07) is 2.55. The summed E-state index contributed by atoms with van der Waals surface area (Å²) in [5, 5.41) is 1.99. The van der Waals surface area contributed by atoms with E-state index >= 15 is 4.39 Å². The first-order valence-electron chi connectivity index (χ1n) is 11.8. The van der Waals surface area contributed by atoms with Crippen LogP contribution < -0.4 is 15.1 Å². The third kappa shape index (κ3) is 3.59. The van der Waals surface area contributed by atoms with E-state index in [0.29, 0.717) is 6.07 Å². The maximum absolute atomic E-state index is 15.1. The number of ether oxygens (including phenoxy) is 2. The summed E-state index contributed by atoms with van der Waals surface area (Å²) in [6.45, 7) is -15.3. The molecule has 2 aliphatic heterocycles. The zero-order chi connectivity index (χ0) is 26.1. The van der Waals surface area contributed by atoms with Crippen LogP contribution in [0, 0.1) is 5.82 Å². The van der Waals surface area contributed by atoms with Crippen molar-refractivity contribution in [1.82, 2.24) is 5.32 Å². The summed E-state index contributed by atoms with van der Waals surface area (Å²) in [5.74, 6) is -2.05. The number of halogens is 1. The van der Waals surface area contributed by atoms with Gasteiger partial charge in [0.15, 0.2) is 0 Å². The molecule has 2 fully saturated rings. The van der Waals surface area contributed by atoms with Gasteiger partial charge in [0.05, 0.1) is 51.2 Å². The Balaban J connectivity index is 1.98. The van der Waals surface area contributed by atoms with Gasteiger partial charge in [-0.25, -0.2) is 9.18 Å². The first-order valence-corrected chi connectivity index (χ1v) is 6.81. The monoisotopic (exact) mass is 347 g/mol. The lowest BCUT2D eigenvalue weighted by atomic mass is 10.2. The molecular weight excluding hydrogens is 317 g/mol. The first kappa shape index (κ1) is 8.15. The molecule has 3 rings (SSSR count). The molecule has 2 saturated heterocycles. The molecule has 24 heavy (non-hydrogen) atoms. The second-order valence-corrected chi connectivity index (χ2v) is 4.81. The predicted molar refractivity (Wildman–Crippen MR) is 85.7 cm³/mol. The van der Waals surface area contributed by atoms with Gasteiger partial charge in [-0.2, -0.15) is 0 Å². The molecule has 0 aliphatic carbocycles. The summed E-state index contributed by atoms with van der Waals surface area (Å²) < 4.78 is 103. The van der Waals surface area contributed by atoms with E-state index in [4.69, 9.17) is 18.4 Å². The van der Waals surface area contributed by atoms with Gasteiger partial charge in [0.2, 0.25) is 5.91 Å². The van der Waals surface area contributed by atoms with Crippen molar-refractivity contribution < 1.29 is 37.2 Å². The van der Waals surface area contributed by atoms with Crippen LogP contribution >= 0.6 is 0 Å². The van der Waals surface area contributed by atoms with E-state index in [1.807, 2.05) is 5.32 Å². The number of carbonyl (C=O) groups is 2. The van der Waals surface area contributed by atoms with Gasteiger partial charge in [-0.15, -0.1) is 0 Å². The fourth-order valence-corrected chi connectivity index (χ4v) is 2.09. The molecule has 2 heterocycles. The van der Waals surface area contributed by atoms with E-state index in [1.54, 1.807) is 0 Å². The normalized spacial score (nSPS) is 36.1. The first-order chi connectivity index (χ1) is 15.2. The molecular formula is C16H20FN3O4. The van der Waals surface area contributed by atoms with Gasteiger partial charge in [0.1, 0.15) is 11.9 Å². The van der Waals surface area contributed by atoms with Crippen molar-refractivity contribution in [1.29, 1.82) is 0 Å².